The van der Waals surface area contributed by atoms with Crippen molar-refractivity contribution in [1.82, 2.24) is 15.0 Å². The molecular weight excluding hydrogens is 240 g/mol. The smallest absolute Gasteiger partial charge is 0.322 e. The first-order chi connectivity index (χ1) is 7.79. The fraction of sp³-hybridized carbons (Fsp3) is 0.727. The lowest BCUT2D eigenvalue weighted by atomic mass is 10.0. The zero-order chi connectivity index (χ0) is 12.8. The molecule has 1 aliphatic carbocycles. The normalized spacial score (nSPS) is 21.1. The van der Waals surface area contributed by atoms with Gasteiger partial charge in [-0.1, -0.05) is 27.7 Å². The molecule has 1 aromatic heterocycles. The van der Waals surface area contributed by atoms with Gasteiger partial charge in [-0.25, -0.2) is 0 Å². The Labute approximate surface area is 106 Å². The second-order valence-electron chi connectivity index (χ2n) is 5.44. The summed E-state index contributed by atoms with van der Waals surface area (Å²) < 4.78 is 4.95. The Kier molecular flexibility index (Phi) is 2.69. The number of rotatable bonds is 3. The summed E-state index contributed by atoms with van der Waals surface area (Å²) in [4.78, 5) is 12.0. The molecular formula is C11H17ClN4O. The topological polar surface area (TPSA) is 59.9 Å². The standard InChI is InChI=1S/C11H17ClN4O/c1-10(2)6(11(10,3)4)13-8-14-7(12)15-9(16-8)17-5/h6H,1-5H3,(H,13,14,15,16). The lowest BCUT2D eigenvalue weighted by molar-refractivity contribution is 0.378. The summed E-state index contributed by atoms with van der Waals surface area (Å²) in [7, 11) is 1.50. The minimum atomic E-state index is 0.135. The number of methoxy groups -OCH3 is 1. The molecule has 2 rings (SSSR count). The van der Waals surface area contributed by atoms with Crippen molar-refractivity contribution in [1.29, 1.82) is 0 Å². The number of ether oxygens (including phenoxy) is 1. The molecule has 1 saturated carbocycles. The number of nitrogens with one attached hydrogen (secondary N) is 1. The maximum absolute atomic E-state index is 5.79. The first kappa shape index (κ1) is 12.4. The average Bonchev–Trinajstić information content (AvgIpc) is 2.60. The molecule has 0 radical (unpaired) electrons. The fourth-order valence-corrected chi connectivity index (χ4v) is 2.33. The van der Waals surface area contributed by atoms with Crippen molar-refractivity contribution in [3.05, 3.63) is 5.28 Å². The summed E-state index contributed by atoms with van der Waals surface area (Å²) in [5, 5.41) is 3.42. The lowest BCUT2D eigenvalue weighted by Crippen LogP contribution is -2.13. The van der Waals surface area contributed by atoms with E-state index in [-0.39, 0.29) is 22.1 Å². The number of nitrogens with zero attached hydrogens (tertiary/aromatic N) is 3. The largest absolute Gasteiger partial charge is 0.467 e. The van der Waals surface area contributed by atoms with Crippen molar-refractivity contribution in [2.45, 2.75) is 33.7 Å². The minimum absolute atomic E-state index is 0.135. The van der Waals surface area contributed by atoms with E-state index in [2.05, 4.69) is 48.0 Å². The third-order valence-electron chi connectivity index (χ3n) is 4.06. The van der Waals surface area contributed by atoms with Crippen LogP contribution in [0, 0.1) is 10.8 Å². The Morgan fingerprint density at radius 2 is 1.71 bits per heavy atom. The van der Waals surface area contributed by atoms with Gasteiger partial charge in [0.2, 0.25) is 11.2 Å². The van der Waals surface area contributed by atoms with Crippen LogP contribution < -0.4 is 10.1 Å². The summed E-state index contributed by atoms with van der Waals surface area (Å²) in [5.74, 6) is 0.463. The number of hydrogen-bond acceptors (Lipinski definition) is 5. The van der Waals surface area contributed by atoms with E-state index in [1.54, 1.807) is 0 Å². The highest BCUT2D eigenvalue weighted by Gasteiger charge is 2.65. The van der Waals surface area contributed by atoms with Crippen LogP contribution >= 0.6 is 11.6 Å². The van der Waals surface area contributed by atoms with Crippen LogP contribution in [0.3, 0.4) is 0 Å². The quantitative estimate of drug-likeness (QED) is 0.900. The Morgan fingerprint density at radius 1 is 1.12 bits per heavy atom. The number of anilines is 1. The molecule has 1 heterocycles. The monoisotopic (exact) mass is 256 g/mol. The van der Waals surface area contributed by atoms with Crippen LogP contribution in [0.2, 0.25) is 5.28 Å². The van der Waals surface area contributed by atoms with Crippen LogP contribution in [0.4, 0.5) is 5.95 Å². The van der Waals surface area contributed by atoms with Gasteiger partial charge in [-0.15, -0.1) is 0 Å². The third-order valence-corrected chi connectivity index (χ3v) is 4.23. The van der Waals surface area contributed by atoms with Crippen molar-refractivity contribution in [2.75, 3.05) is 12.4 Å². The van der Waals surface area contributed by atoms with E-state index >= 15 is 0 Å². The van der Waals surface area contributed by atoms with Crippen LogP contribution in [0.25, 0.3) is 0 Å². The van der Waals surface area contributed by atoms with Crippen LogP contribution in [0.15, 0.2) is 0 Å². The Balaban J connectivity index is 2.18. The van der Waals surface area contributed by atoms with Gasteiger partial charge in [0.25, 0.3) is 0 Å². The van der Waals surface area contributed by atoms with Crippen LogP contribution in [0.5, 0.6) is 6.01 Å². The van der Waals surface area contributed by atoms with Crippen molar-refractivity contribution in [3.63, 3.8) is 0 Å². The summed E-state index contributed by atoms with van der Waals surface area (Å²) in [5.41, 5.74) is 0.415. The van der Waals surface area contributed by atoms with Gasteiger partial charge in [0.15, 0.2) is 0 Å². The fourth-order valence-electron chi connectivity index (χ4n) is 2.17. The molecule has 6 heteroatoms. The van der Waals surface area contributed by atoms with Crippen molar-refractivity contribution in [3.8, 4) is 6.01 Å². The first-order valence-corrected chi connectivity index (χ1v) is 5.89. The van der Waals surface area contributed by atoms with Crippen molar-refractivity contribution >= 4 is 17.5 Å². The molecule has 0 atom stereocenters. The van der Waals surface area contributed by atoms with E-state index in [1.165, 1.54) is 7.11 Å². The van der Waals surface area contributed by atoms with Crippen LogP contribution in [-0.2, 0) is 0 Å². The van der Waals surface area contributed by atoms with Crippen molar-refractivity contribution < 1.29 is 4.74 Å². The SMILES string of the molecule is COc1nc(Cl)nc(NC2C(C)(C)C2(C)C)n1. The maximum Gasteiger partial charge on any atom is 0.322 e. The number of aromatic nitrogens is 3. The Morgan fingerprint density at radius 3 is 2.18 bits per heavy atom. The molecule has 17 heavy (non-hydrogen) atoms. The molecule has 1 aromatic rings. The highest BCUT2D eigenvalue weighted by Crippen LogP contribution is 2.63. The highest BCUT2D eigenvalue weighted by molar-refractivity contribution is 6.28. The molecule has 94 valence electrons. The van der Waals surface area contributed by atoms with E-state index in [0.717, 1.165) is 0 Å². The van der Waals surface area contributed by atoms with Gasteiger partial charge in [-0.05, 0) is 22.4 Å². The van der Waals surface area contributed by atoms with Gasteiger partial charge in [0.05, 0.1) is 7.11 Å². The maximum atomic E-state index is 5.79. The molecule has 1 N–H and O–H groups in total. The molecule has 0 amide bonds. The second kappa shape index (κ2) is 3.70. The van der Waals surface area contributed by atoms with E-state index < -0.39 is 0 Å². The molecule has 0 aliphatic heterocycles. The molecule has 0 unspecified atom stereocenters. The molecule has 1 aliphatic rings. The Hall–Kier alpha value is -1.10. The molecule has 5 nitrogen and oxygen atoms in total. The Bertz CT molecular complexity index is 433. The van der Waals surface area contributed by atoms with Gasteiger partial charge < -0.3 is 10.1 Å². The molecule has 0 saturated heterocycles. The van der Waals surface area contributed by atoms with E-state index in [4.69, 9.17) is 16.3 Å². The highest BCUT2D eigenvalue weighted by atomic mass is 35.5. The van der Waals surface area contributed by atoms with Gasteiger partial charge in [0, 0.05) is 6.04 Å². The first-order valence-electron chi connectivity index (χ1n) is 5.51. The molecule has 1 fully saturated rings. The van der Waals surface area contributed by atoms with Gasteiger partial charge in [-0.2, -0.15) is 15.0 Å². The van der Waals surface area contributed by atoms with E-state index in [1.807, 2.05) is 0 Å². The molecule has 0 spiro atoms. The summed E-state index contributed by atoms with van der Waals surface area (Å²) in [6.07, 6.45) is 0. The van der Waals surface area contributed by atoms with Crippen LogP contribution in [0.1, 0.15) is 27.7 Å². The van der Waals surface area contributed by atoms with Gasteiger partial charge in [0.1, 0.15) is 0 Å². The van der Waals surface area contributed by atoms with Crippen molar-refractivity contribution in [2.24, 2.45) is 10.8 Å². The zero-order valence-electron chi connectivity index (χ0n) is 10.7. The second-order valence-corrected chi connectivity index (χ2v) is 5.77. The summed E-state index contributed by atoms with van der Waals surface area (Å²) in [6.45, 7) is 8.85. The third kappa shape index (κ3) is 1.92. The average molecular weight is 257 g/mol. The molecule has 0 aromatic carbocycles. The predicted octanol–water partition coefficient (Wildman–Crippen LogP) is 2.38. The molecule has 0 bridgehead atoms. The van der Waals surface area contributed by atoms with Gasteiger partial charge in [-0.3, -0.25) is 0 Å². The summed E-state index contributed by atoms with van der Waals surface area (Å²) in [6, 6.07) is 0.543. The number of halogens is 1. The van der Waals surface area contributed by atoms with E-state index in [9.17, 15) is 0 Å². The lowest BCUT2D eigenvalue weighted by Gasteiger charge is -2.07. The van der Waals surface area contributed by atoms with Crippen LogP contribution in [-0.4, -0.2) is 28.1 Å². The number of hydrogen-bond donors (Lipinski definition) is 1. The van der Waals surface area contributed by atoms with E-state index in [0.29, 0.717) is 12.0 Å². The summed E-state index contributed by atoms with van der Waals surface area (Å²) >= 11 is 5.79. The van der Waals surface area contributed by atoms with Gasteiger partial charge >= 0.3 is 6.01 Å². The zero-order valence-corrected chi connectivity index (χ0v) is 11.5. The predicted molar refractivity (Wildman–Crippen MR) is 66.4 cm³/mol. The minimum Gasteiger partial charge on any atom is -0.467 e.